The van der Waals surface area contributed by atoms with E-state index in [9.17, 15) is 4.79 Å². The Morgan fingerprint density at radius 3 is 2.68 bits per heavy atom. The molecule has 1 heteroatoms. The van der Waals surface area contributed by atoms with Crippen molar-refractivity contribution in [2.75, 3.05) is 0 Å². The lowest BCUT2D eigenvalue weighted by Crippen LogP contribution is -1.92. The summed E-state index contributed by atoms with van der Waals surface area (Å²) in [6.45, 7) is 3.79. The van der Waals surface area contributed by atoms with Gasteiger partial charge in [-0.1, -0.05) is 55.8 Å². The Morgan fingerprint density at radius 2 is 1.95 bits per heavy atom. The van der Waals surface area contributed by atoms with Gasteiger partial charge in [0.15, 0.2) is 5.78 Å². The first-order valence-electron chi connectivity index (χ1n) is 6.91. The number of aryl methyl sites for hydroxylation is 1. The molecule has 0 atom stereocenters. The standard InChI is InChI=1S/C18H20O/c1-3-4-7-15-11-12-16-8-5-6-9-17(16)18(15)13-10-14(2)19/h5-6,8-13H,3-4,7H2,1-2H3/b13-10+. The zero-order valence-electron chi connectivity index (χ0n) is 11.6. The van der Waals surface area contributed by atoms with Crippen LogP contribution in [0.5, 0.6) is 0 Å². The monoisotopic (exact) mass is 252 g/mol. The zero-order valence-corrected chi connectivity index (χ0v) is 11.6. The highest BCUT2D eigenvalue weighted by Gasteiger charge is 2.04. The van der Waals surface area contributed by atoms with Crippen molar-refractivity contribution in [2.45, 2.75) is 33.1 Å². The molecule has 0 spiro atoms. The van der Waals surface area contributed by atoms with Gasteiger partial charge in [0, 0.05) is 0 Å². The molecule has 0 aromatic heterocycles. The number of ketones is 1. The Hall–Kier alpha value is -1.89. The second-order valence-electron chi connectivity index (χ2n) is 4.91. The molecular weight excluding hydrogens is 232 g/mol. The fourth-order valence-corrected chi connectivity index (χ4v) is 2.32. The molecule has 0 radical (unpaired) electrons. The average molecular weight is 252 g/mol. The fourth-order valence-electron chi connectivity index (χ4n) is 2.32. The molecule has 2 aromatic carbocycles. The zero-order chi connectivity index (χ0) is 13.7. The first kappa shape index (κ1) is 13.5. The molecule has 0 unspecified atom stereocenters. The van der Waals surface area contributed by atoms with E-state index in [1.807, 2.05) is 12.1 Å². The third-order valence-corrected chi connectivity index (χ3v) is 3.35. The van der Waals surface area contributed by atoms with E-state index in [0.29, 0.717) is 0 Å². The molecule has 2 aromatic rings. The van der Waals surface area contributed by atoms with Crippen LogP contribution in [0.15, 0.2) is 42.5 Å². The molecule has 2 rings (SSSR count). The smallest absolute Gasteiger partial charge is 0.152 e. The molecule has 98 valence electrons. The molecule has 0 saturated carbocycles. The number of carbonyl (C=O) groups is 1. The van der Waals surface area contributed by atoms with Crippen LogP contribution in [-0.4, -0.2) is 5.78 Å². The highest BCUT2D eigenvalue weighted by Crippen LogP contribution is 2.25. The maximum atomic E-state index is 11.2. The Bertz CT molecular complexity index is 608. The SMILES string of the molecule is CCCCc1ccc2ccccc2c1/C=C/C(C)=O. The molecule has 0 aliphatic carbocycles. The number of carbonyl (C=O) groups excluding carboxylic acids is 1. The van der Waals surface area contributed by atoms with Crippen LogP contribution < -0.4 is 0 Å². The molecule has 0 N–H and O–H groups in total. The van der Waals surface area contributed by atoms with Gasteiger partial charge < -0.3 is 0 Å². The summed E-state index contributed by atoms with van der Waals surface area (Å²) in [5, 5.41) is 2.46. The van der Waals surface area contributed by atoms with Gasteiger partial charge in [-0.3, -0.25) is 4.79 Å². The predicted octanol–water partition coefficient (Wildman–Crippen LogP) is 4.78. The van der Waals surface area contributed by atoms with E-state index in [2.05, 4.69) is 37.3 Å². The average Bonchev–Trinajstić information content (AvgIpc) is 2.42. The molecule has 0 bridgehead atoms. The number of benzene rings is 2. The van der Waals surface area contributed by atoms with Crippen LogP contribution in [0.25, 0.3) is 16.8 Å². The van der Waals surface area contributed by atoms with Crippen LogP contribution in [0, 0.1) is 0 Å². The van der Waals surface area contributed by atoms with Gasteiger partial charge in [-0.25, -0.2) is 0 Å². The molecule has 0 heterocycles. The van der Waals surface area contributed by atoms with Gasteiger partial charge in [0.25, 0.3) is 0 Å². The summed E-state index contributed by atoms with van der Waals surface area (Å²) in [4.78, 5) is 11.2. The van der Waals surface area contributed by atoms with Gasteiger partial charge in [-0.2, -0.15) is 0 Å². The first-order valence-corrected chi connectivity index (χ1v) is 6.91. The number of fused-ring (bicyclic) bond motifs is 1. The lowest BCUT2D eigenvalue weighted by atomic mass is 9.95. The van der Waals surface area contributed by atoms with Crippen LogP contribution in [0.2, 0.25) is 0 Å². The van der Waals surface area contributed by atoms with Crippen molar-refractivity contribution in [1.29, 1.82) is 0 Å². The first-order chi connectivity index (χ1) is 9.22. The van der Waals surface area contributed by atoms with Gasteiger partial charge >= 0.3 is 0 Å². The summed E-state index contributed by atoms with van der Waals surface area (Å²) in [5.74, 6) is 0.0920. The molecule has 0 aliphatic rings. The Balaban J connectivity index is 2.54. The minimum atomic E-state index is 0.0920. The number of allylic oxidation sites excluding steroid dienone is 1. The van der Waals surface area contributed by atoms with Crippen LogP contribution in [0.1, 0.15) is 37.8 Å². The summed E-state index contributed by atoms with van der Waals surface area (Å²) in [7, 11) is 0. The van der Waals surface area contributed by atoms with Crippen molar-refractivity contribution in [1.82, 2.24) is 0 Å². The van der Waals surface area contributed by atoms with Crippen LogP contribution >= 0.6 is 0 Å². The maximum Gasteiger partial charge on any atom is 0.152 e. The third kappa shape index (κ3) is 3.31. The molecule has 1 nitrogen and oxygen atoms in total. The lowest BCUT2D eigenvalue weighted by Gasteiger charge is -2.09. The quantitative estimate of drug-likeness (QED) is 0.699. The minimum absolute atomic E-state index is 0.0920. The number of hydrogen-bond donors (Lipinski definition) is 0. The van der Waals surface area contributed by atoms with Gasteiger partial charge in [0.05, 0.1) is 0 Å². The molecule has 0 aliphatic heterocycles. The van der Waals surface area contributed by atoms with E-state index in [0.717, 1.165) is 6.42 Å². The van der Waals surface area contributed by atoms with Gasteiger partial charge in [-0.05, 0) is 47.7 Å². The van der Waals surface area contributed by atoms with Gasteiger partial charge in [-0.15, -0.1) is 0 Å². The summed E-state index contributed by atoms with van der Waals surface area (Å²) < 4.78 is 0. The van der Waals surface area contributed by atoms with Crippen molar-refractivity contribution in [3.8, 4) is 0 Å². The second kappa shape index (κ2) is 6.33. The van der Waals surface area contributed by atoms with Gasteiger partial charge in [0.2, 0.25) is 0 Å². The van der Waals surface area contributed by atoms with Crippen molar-refractivity contribution < 1.29 is 4.79 Å². The summed E-state index contributed by atoms with van der Waals surface area (Å²) >= 11 is 0. The Kier molecular flexibility index (Phi) is 4.51. The Morgan fingerprint density at radius 1 is 1.16 bits per heavy atom. The number of rotatable bonds is 5. The normalized spacial score (nSPS) is 11.3. The summed E-state index contributed by atoms with van der Waals surface area (Å²) in [6, 6.07) is 12.7. The van der Waals surface area contributed by atoms with Crippen molar-refractivity contribution in [3.63, 3.8) is 0 Å². The lowest BCUT2D eigenvalue weighted by molar-refractivity contribution is -0.112. The molecule has 19 heavy (non-hydrogen) atoms. The van der Waals surface area contributed by atoms with Crippen molar-refractivity contribution >= 4 is 22.6 Å². The van der Waals surface area contributed by atoms with E-state index < -0.39 is 0 Å². The topological polar surface area (TPSA) is 17.1 Å². The van der Waals surface area contributed by atoms with Gasteiger partial charge in [0.1, 0.15) is 0 Å². The number of hydrogen-bond acceptors (Lipinski definition) is 1. The highest BCUT2D eigenvalue weighted by molar-refractivity contribution is 5.97. The fraction of sp³-hybridized carbons (Fsp3) is 0.278. The largest absolute Gasteiger partial charge is 0.295 e. The predicted molar refractivity (Wildman–Crippen MR) is 82.3 cm³/mol. The minimum Gasteiger partial charge on any atom is -0.295 e. The molecule has 0 saturated heterocycles. The second-order valence-corrected chi connectivity index (χ2v) is 4.91. The maximum absolute atomic E-state index is 11.2. The van der Waals surface area contributed by atoms with Crippen LogP contribution in [-0.2, 0) is 11.2 Å². The molecule has 0 fully saturated rings. The number of unbranched alkanes of at least 4 members (excludes halogenated alkanes) is 1. The van der Waals surface area contributed by atoms with Crippen molar-refractivity contribution in [3.05, 3.63) is 53.6 Å². The summed E-state index contributed by atoms with van der Waals surface area (Å²) in [6.07, 6.45) is 7.06. The highest BCUT2D eigenvalue weighted by atomic mass is 16.1. The van der Waals surface area contributed by atoms with E-state index in [1.165, 1.54) is 34.7 Å². The van der Waals surface area contributed by atoms with Crippen LogP contribution in [0.3, 0.4) is 0 Å². The van der Waals surface area contributed by atoms with Crippen molar-refractivity contribution in [2.24, 2.45) is 0 Å². The molecular formula is C18H20O. The van der Waals surface area contributed by atoms with E-state index in [1.54, 1.807) is 13.0 Å². The molecule has 0 amide bonds. The van der Waals surface area contributed by atoms with Crippen LogP contribution in [0.4, 0.5) is 0 Å². The van der Waals surface area contributed by atoms with E-state index in [4.69, 9.17) is 0 Å². The third-order valence-electron chi connectivity index (χ3n) is 3.35. The van der Waals surface area contributed by atoms with E-state index in [-0.39, 0.29) is 5.78 Å². The Labute approximate surface area is 115 Å². The van der Waals surface area contributed by atoms with E-state index >= 15 is 0 Å². The summed E-state index contributed by atoms with van der Waals surface area (Å²) in [5.41, 5.74) is 2.53.